The van der Waals surface area contributed by atoms with Crippen molar-refractivity contribution in [2.75, 3.05) is 32.5 Å². The molecule has 0 aliphatic carbocycles. The highest BCUT2D eigenvalue weighted by Gasteiger charge is 2.09. The van der Waals surface area contributed by atoms with Gasteiger partial charge in [0.25, 0.3) is 5.91 Å². The van der Waals surface area contributed by atoms with Gasteiger partial charge in [-0.2, -0.15) is 0 Å². The maximum atomic E-state index is 12.2. The first-order chi connectivity index (χ1) is 11.5. The summed E-state index contributed by atoms with van der Waals surface area (Å²) in [5.74, 6) is 0.156. The molecule has 0 spiro atoms. The second kappa shape index (κ2) is 8.61. The number of benzene rings is 1. The lowest BCUT2D eigenvalue weighted by Gasteiger charge is -2.11. The molecule has 2 rings (SSSR count). The molecule has 0 aliphatic heterocycles. The standard InChI is InChI=1S/C17H22ClN5O/c1-12-13(18)6-4-7-14(12)21-17-20-10-8-15(22-17)16(24)19-9-5-11-23(2)3/h4,6-8,10H,5,9,11H2,1-3H3,(H,19,24)(H,20,21,22). The van der Waals surface area contributed by atoms with Crippen molar-refractivity contribution in [3.05, 3.63) is 46.7 Å². The van der Waals surface area contributed by atoms with Crippen LogP contribution in [0.2, 0.25) is 5.02 Å². The van der Waals surface area contributed by atoms with Gasteiger partial charge in [-0.15, -0.1) is 0 Å². The number of aromatic nitrogens is 2. The van der Waals surface area contributed by atoms with Gasteiger partial charge in [0.15, 0.2) is 0 Å². The lowest BCUT2D eigenvalue weighted by molar-refractivity contribution is 0.0947. The Labute approximate surface area is 147 Å². The zero-order chi connectivity index (χ0) is 17.5. The van der Waals surface area contributed by atoms with Crippen molar-refractivity contribution in [2.24, 2.45) is 0 Å². The fraction of sp³-hybridized carbons (Fsp3) is 0.353. The Bertz CT molecular complexity index is 705. The molecule has 0 bridgehead atoms. The van der Waals surface area contributed by atoms with Crippen LogP contribution in [0.1, 0.15) is 22.5 Å². The molecule has 0 saturated carbocycles. The second-order valence-corrected chi connectivity index (χ2v) is 6.12. The molecule has 1 heterocycles. The number of amides is 1. The van der Waals surface area contributed by atoms with Gasteiger partial charge < -0.3 is 15.5 Å². The summed E-state index contributed by atoms with van der Waals surface area (Å²) >= 11 is 6.11. The third-order valence-corrected chi connectivity index (χ3v) is 3.88. The van der Waals surface area contributed by atoms with Crippen molar-refractivity contribution in [3.8, 4) is 0 Å². The van der Waals surface area contributed by atoms with Gasteiger partial charge in [0, 0.05) is 23.5 Å². The van der Waals surface area contributed by atoms with Crippen molar-refractivity contribution in [1.82, 2.24) is 20.2 Å². The highest BCUT2D eigenvalue weighted by molar-refractivity contribution is 6.31. The Balaban J connectivity index is 2.00. The minimum atomic E-state index is -0.206. The van der Waals surface area contributed by atoms with Crippen molar-refractivity contribution < 1.29 is 4.79 Å². The van der Waals surface area contributed by atoms with E-state index < -0.39 is 0 Å². The third kappa shape index (κ3) is 5.18. The Morgan fingerprint density at radius 3 is 2.83 bits per heavy atom. The third-order valence-electron chi connectivity index (χ3n) is 3.47. The van der Waals surface area contributed by atoms with E-state index in [1.807, 2.05) is 39.2 Å². The number of anilines is 2. The maximum Gasteiger partial charge on any atom is 0.270 e. The van der Waals surface area contributed by atoms with E-state index >= 15 is 0 Å². The predicted octanol–water partition coefficient (Wildman–Crippen LogP) is 2.86. The number of nitrogens with one attached hydrogen (secondary N) is 2. The zero-order valence-electron chi connectivity index (χ0n) is 14.1. The van der Waals surface area contributed by atoms with E-state index in [2.05, 4.69) is 25.5 Å². The predicted molar refractivity (Wildman–Crippen MR) is 97.0 cm³/mol. The quantitative estimate of drug-likeness (QED) is 0.754. The highest BCUT2D eigenvalue weighted by Crippen LogP contribution is 2.24. The summed E-state index contributed by atoms with van der Waals surface area (Å²) in [4.78, 5) is 22.6. The Kier molecular flexibility index (Phi) is 6.52. The molecule has 0 saturated heterocycles. The topological polar surface area (TPSA) is 70.2 Å². The number of rotatable bonds is 7. The second-order valence-electron chi connectivity index (χ2n) is 5.72. The van der Waals surface area contributed by atoms with Crippen LogP contribution in [0, 0.1) is 6.92 Å². The van der Waals surface area contributed by atoms with Gasteiger partial charge in [0.05, 0.1) is 0 Å². The van der Waals surface area contributed by atoms with E-state index in [4.69, 9.17) is 11.6 Å². The van der Waals surface area contributed by atoms with Crippen molar-refractivity contribution in [3.63, 3.8) is 0 Å². The molecule has 2 aromatic rings. The summed E-state index contributed by atoms with van der Waals surface area (Å²) in [6.45, 7) is 3.44. The fourth-order valence-corrected chi connectivity index (χ4v) is 2.27. The number of nitrogens with zero attached hydrogens (tertiary/aromatic N) is 3. The average molecular weight is 348 g/mol. The first kappa shape index (κ1) is 18.2. The van der Waals surface area contributed by atoms with Crippen molar-refractivity contribution in [1.29, 1.82) is 0 Å². The Morgan fingerprint density at radius 1 is 1.29 bits per heavy atom. The molecule has 7 heteroatoms. The summed E-state index contributed by atoms with van der Waals surface area (Å²) < 4.78 is 0. The van der Waals surface area contributed by atoms with E-state index in [0.29, 0.717) is 23.2 Å². The summed E-state index contributed by atoms with van der Waals surface area (Å²) in [6, 6.07) is 7.15. The van der Waals surface area contributed by atoms with E-state index in [1.165, 1.54) is 0 Å². The van der Waals surface area contributed by atoms with Gasteiger partial charge in [-0.05, 0) is 57.7 Å². The molecule has 0 aliphatic rings. The Morgan fingerprint density at radius 2 is 2.08 bits per heavy atom. The molecule has 6 nitrogen and oxygen atoms in total. The number of carbonyl (C=O) groups excluding carboxylic acids is 1. The highest BCUT2D eigenvalue weighted by atomic mass is 35.5. The summed E-state index contributed by atoms with van der Waals surface area (Å²) in [7, 11) is 4.00. The van der Waals surface area contributed by atoms with Crippen LogP contribution in [0.25, 0.3) is 0 Å². The van der Waals surface area contributed by atoms with Crippen molar-refractivity contribution >= 4 is 29.1 Å². The van der Waals surface area contributed by atoms with Gasteiger partial charge in [-0.25, -0.2) is 9.97 Å². The summed E-state index contributed by atoms with van der Waals surface area (Å²) in [5, 5.41) is 6.62. The van der Waals surface area contributed by atoms with E-state index in [9.17, 15) is 4.79 Å². The van der Waals surface area contributed by atoms with Crippen molar-refractivity contribution in [2.45, 2.75) is 13.3 Å². The minimum Gasteiger partial charge on any atom is -0.351 e. The van der Waals surface area contributed by atoms with Gasteiger partial charge in [-0.3, -0.25) is 4.79 Å². The SMILES string of the molecule is Cc1c(Cl)cccc1Nc1nccc(C(=O)NCCCN(C)C)n1. The van der Waals surface area contributed by atoms with Crippen LogP contribution in [0.15, 0.2) is 30.5 Å². The summed E-state index contributed by atoms with van der Waals surface area (Å²) in [5.41, 5.74) is 2.05. The molecule has 2 N–H and O–H groups in total. The molecule has 0 radical (unpaired) electrons. The molecule has 1 aromatic carbocycles. The first-order valence-corrected chi connectivity index (χ1v) is 8.13. The molecule has 1 aromatic heterocycles. The number of hydrogen-bond acceptors (Lipinski definition) is 5. The normalized spacial score (nSPS) is 10.7. The molecule has 1 amide bonds. The maximum absolute atomic E-state index is 12.2. The molecular formula is C17H22ClN5O. The lowest BCUT2D eigenvalue weighted by atomic mass is 10.2. The lowest BCUT2D eigenvalue weighted by Crippen LogP contribution is -2.28. The fourth-order valence-electron chi connectivity index (χ4n) is 2.10. The monoisotopic (exact) mass is 347 g/mol. The smallest absolute Gasteiger partial charge is 0.270 e. The van der Waals surface area contributed by atoms with Crippen LogP contribution in [-0.2, 0) is 0 Å². The molecule has 128 valence electrons. The van der Waals surface area contributed by atoms with E-state index in [0.717, 1.165) is 24.2 Å². The zero-order valence-corrected chi connectivity index (χ0v) is 14.9. The van der Waals surface area contributed by atoms with Crippen LogP contribution in [0.3, 0.4) is 0 Å². The number of carbonyl (C=O) groups is 1. The van der Waals surface area contributed by atoms with Crippen LogP contribution in [-0.4, -0.2) is 48.0 Å². The van der Waals surface area contributed by atoms with Crippen LogP contribution >= 0.6 is 11.6 Å². The Hall–Kier alpha value is -2.18. The number of hydrogen-bond donors (Lipinski definition) is 2. The van der Waals surface area contributed by atoms with Gasteiger partial charge >= 0.3 is 0 Å². The molecular weight excluding hydrogens is 326 g/mol. The molecule has 0 fully saturated rings. The first-order valence-electron chi connectivity index (χ1n) is 7.75. The number of halogens is 1. The van der Waals surface area contributed by atoms with E-state index in [1.54, 1.807) is 12.3 Å². The van der Waals surface area contributed by atoms with Gasteiger partial charge in [0.1, 0.15) is 5.69 Å². The average Bonchev–Trinajstić information content (AvgIpc) is 2.56. The minimum absolute atomic E-state index is 0.206. The van der Waals surface area contributed by atoms with Gasteiger partial charge in [-0.1, -0.05) is 17.7 Å². The van der Waals surface area contributed by atoms with Crippen LogP contribution in [0.4, 0.5) is 11.6 Å². The van der Waals surface area contributed by atoms with Crippen LogP contribution < -0.4 is 10.6 Å². The van der Waals surface area contributed by atoms with E-state index in [-0.39, 0.29) is 5.91 Å². The van der Waals surface area contributed by atoms with Gasteiger partial charge in [0.2, 0.25) is 5.95 Å². The molecule has 0 atom stereocenters. The molecule has 24 heavy (non-hydrogen) atoms. The largest absolute Gasteiger partial charge is 0.351 e. The van der Waals surface area contributed by atoms with Crippen LogP contribution in [0.5, 0.6) is 0 Å². The summed E-state index contributed by atoms with van der Waals surface area (Å²) in [6.07, 6.45) is 2.45. The molecule has 0 unspecified atom stereocenters.